The minimum atomic E-state index is -0.317. The van der Waals surface area contributed by atoms with Gasteiger partial charge in [0.15, 0.2) is 0 Å². The third-order valence-corrected chi connectivity index (χ3v) is 3.36. The van der Waals surface area contributed by atoms with Crippen LogP contribution in [-0.4, -0.2) is 18.5 Å². The molecule has 0 saturated heterocycles. The van der Waals surface area contributed by atoms with Crippen LogP contribution in [0.3, 0.4) is 0 Å². The van der Waals surface area contributed by atoms with E-state index in [0.717, 1.165) is 6.42 Å². The maximum atomic E-state index is 11.0. The van der Waals surface area contributed by atoms with E-state index in [-0.39, 0.29) is 11.8 Å². The van der Waals surface area contributed by atoms with Crippen LogP contribution in [0.4, 0.5) is 0 Å². The minimum absolute atomic E-state index is 0.0512. The van der Waals surface area contributed by atoms with Crippen molar-refractivity contribution < 1.29 is 9.53 Å². The molecule has 0 unspecified atom stereocenters. The van der Waals surface area contributed by atoms with Gasteiger partial charge in [0.2, 0.25) is 0 Å². The smallest absolute Gasteiger partial charge is 0.320 e. The average Bonchev–Trinajstić information content (AvgIpc) is 2.15. The van der Waals surface area contributed by atoms with Crippen LogP contribution < -0.4 is 0 Å². The molecule has 0 aromatic carbocycles. The highest BCUT2D eigenvalue weighted by atomic mass is 35.5. The molecule has 0 amide bonds. The summed E-state index contributed by atoms with van der Waals surface area (Å²) in [5.41, 5.74) is 1.44. The average molecular weight is 231 g/mol. The Morgan fingerprint density at radius 3 is 2.80 bits per heavy atom. The molecule has 0 aromatic heterocycles. The highest BCUT2D eigenvalue weighted by Gasteiger charge is 2.27. The summed E-state index contributed by atoms with van der Waals surface area (Å²) in [7, 11) is 0. The minimum Gasteiger partial charge on any atom is -0.464 e. The van der Waals surface area contributed by atoms with Crippen molar-refractivity contribution in [3.63, 3.8) is 0 Å². The van der Waals surface area contributed by atoms with Gasteiger partial charge in [-0.2, -0.15) is 0 Å². The van der Waals surface area contributed by atoms with Gasteiger partial charge in [-0.05, 0) is 25.2 Å². The van der Waals surface area contributed by atoms with E-state index in [9.17, 15) is 4.79 Å². The Bertz CT molecular complexity index is 260. The summed E-state index contributed by atoms with van der Waals surface area (Å²) in [6.45, 7) is 7.05. The zero-order chi connectivity index (χ0) is 11.4. The lowest BCUT2D eigenvalue weighted by molar-refractivity contribution is -0.142. The van der Waals surface area contributed by atoms with E-state index in [1.165, 1.54) is 5.57 Å². The lowest BCUT2D eigenvalue weighted by Crippen LogP contribution is -2.28. The van der Waals surface area contributed by atoms with Gasteiger partial charge < -0.3 is 4.74 Å². The first-order chi connectivity index (χ1) is 7.04. The second-order valence-corrected chi connectivity index (χ2v) is 4.80. The SMILES string of the molecule is CC1=C[C@@H](C)[C@H](COC(=O)CCl)[C@H](C)C1. The molecule has 0 spiro atoms. The van der Waals surface area contributed by atoms with Crippen molar-refractivity contribution in [3.05, 3.63) is 11.6 Å². The summed E-state index contributed by atoms with van der Waals surface area (Å²) in [6.07, 6.45) is 3.38. The zero-order valence-electron chi connectivity index (χ0n) is 9.63. The van der Waals surface area contributed by atoms with Crippen molar-refractivity contribution in [2.75, 3.05) is 12.5 Å². The quantitative estimate of drug-likeness (QED) is 0.423. The van der Waals surface area contributed by atoms with E-state index in [2.05, 4.69) is 26.8 Å². The number of hydrogen-bond donors (Lipinski definition) is 0. The standard InChI is InChI=1S/C12H19ClO2/c1-8-4-9(2)11(10(3)5-8)7-15-12(14)6-13/h4,9-11H,5-7H2,1-3H3/t9-,10-,11+/m1/s1. The van der Waals surface area contributed by atoms with Gasteiger partial charge in [0.25, 0.3) is 0 Å². The Balaban J connectivity index is 2.50. The van der Waals surface area contributed by atoms with Gasteiger partial charge in [-0.25, -0.2) is 0 Å². The predicted octanol–water partition coefficient (Wildman–Crippen LogP) is 3.01. The van der Waals surface area contributed by atoms with Crippen LogP contribution in [0.1, 0.15) is 27.2 Å². The van der Waals surface area contributed by atoms with Crippen molar-refractivity contribution in [2.24, 2.45) is 17.8 Å². The molecule has 0 radical (unpaired) electrons. The maximum Gasteiger partial charge on any atom is 0.320 e. The van der Waals surface area contributed by atoms with Gasteiger partial charge in [0.1, 0.15) is 5.88 Å². The number of ether oxygens (including phenoxy) is 1. The van der Waals surface area contributed by atoms with Crippen molar-refractivity contribution in [1.29, 1.82) is 0 Å². The van der Waals surface area contributed by atoms with Crippen molar-refractivity contribution in [1.82, 2.24) is 0 Å². The Labute approximate surface area is 96.6 Å². The van der Waals surface area contributed by atoms with Gasteiger partial charge in [-0.1, -0.05) is 25.5 Å². The molecule has 1 aliphatic rings. The molecule has 86 valence electrons. The monoisotopic (exact) mass is 230 g/mol. The summed E-state index contributed by atoms with van der Waals surface area (Å²) in [6, 6.07) is 0. The first-order valence-electron chi connectivity index (χ1n) is 5.43. The summed E-state index contributed by atoms with van der Waals surface area (Å²) >= 11 is 5.38. The molecule has 3 heteroatoms. The molecule has 0 saturated carbocycles. The van der Waals surface area contributed by atoms with Crippen LogP contribution in [0.2, 0.25) is 0 Å². The van der Waals surface area contributed by atoms with Gasteiger partial charge >= 0.3 is 5.97 Å². The third-order valence-electron chi connectivity index (χ3n) is 3.14. The normalized spacial score (nSPS) is 30.9. The predicted molar refractivity (Wildman–Crippen MR) is 61.9 cm³/mol. The molecular formula is C12H19ClO2. The molecule has 3 atom stereocenters. The zero-order valence-corrected chi connectivity index (χ0v) is 10.4. The molecule has 0 fully saturated rings. The largest absolute Gasteiger partial charge is 0.464 e. The fourth-order valence-electron chi connectivity index (χ4n) is 2.36. The Morgan fingerprint density at radius 2 is 2.27 bits per heavy atom. The van der Waals surface area contributed by atoms with Gasteiger partial charge in [-0.15, -0.1) is 11.6 Å². The molecule has 0 aliphatic heterocycles. The van der Waals surface area contributed by atoms with Crippen molar-refractivity contribution in [3.8, 4) is 0 Å². The number of halogens is 1. The highest BCUT2D eigenvalue weighted by molar-refractivity contribution is 6.26. The number of esters is 1. The maximum absolute atomic E-state index is 11.0. The second-order valence-electron chi connectivity index (χ2n) is 4.53. The number of carbonyl (C=O) groups is 1. The van der Waals surface area contributed by atoms with E-state index >= 15 is 0 Å². The highest BCUT2D eigenvalue weighted by Crippen LogP contribution is 2.33. The summed E-state index contributed by atoms with van der Waals surface area (Å²) in [4.78, 5) is 11.0. The molecule has 1 rings (SSSR count). The van der Waals surface area contributed by atoms with Gasteiger partial charge in [-0.3, -0.25) is 4.79 Å². The van der Waals surface area contributed by atoms with Crippen molar-refractivity contribution in [2.45, 2.75) is 27.2 Å². The number of hydrogen-bond acceptors (Lipinski definition) is 2. The summed E-state index contributed by atoms with van der Waals surface area (Å²) in [5, 5.41) is 0. The second kappa shape index (κ2) is 5.55. The molecule has 0 bridgehead atoms. The van der Waals surface area contributed by atoms with E-state index in [1.807, 2.05) is 0 Å². The molecule has 2 nitrogen and oxygen atoms in total. The summed E-state index contributed by atoms with van der Waals surface area (Å²) in [5.74, 6) is 1.12. The van der Waals surface area contributed by atoms with E-state index in [4.69, 9.17) is 16.3 Å². The van der Waals surface area contributed by atoms with Crippen LogP contribution in [-0.2, 0) is 9.53 Å². The van der Waals surface area contributed by atoms with E-state index in [0.29, 0.717) is 24.4 Å². The van der Waals surface area contributed by atoms with Crippen LogP contribution in [0.5, 0.6) is 0 Å². The summed E-state index contributed by atoms with van der Waals surface area (Å²) < 4.78 is 5.11. The lowest BCUT2D eigenvalue weighted by atomic mass is 9.75. The molecule has 1 aliphatic carbocycles. The lowest BCUT2D eigenvalue weighted by Gasteiger charge is -2.32. The Morgan fingerprint density at radius 1 is 1.60 bits per heavy atom. The first-order valence-corrected chi connectivity index (χ1v) is 5.97. The number of rotatable bonds is 3. The van der Waals surface area contributed by atoms with Crippen LogP contribution in [0.15, 0.2) is 11.6 Å². The van der Waals surface area contributed by atoms with Crippen LogP contribution >= 0.6 is 11.6 Å². The van der Waals surface area contributed by atoms with E-state index in [1.54, 1.807) is 0 Å². The Hall–Kier alpha value is -0.500. The molecule has 0 N–H and O–H groups in total. The van der Waals surface area contributed by atoms with E-state index < -0.39 is 0 Å². The van der Waals surface area contributed by atoms with Gasteiger partial charge in [0.05, 0.1) is 6.61 Å². The number of allylic oxidation sites excluding steroid dienone is 2. The van der Waals surface area contributed by atoms with Gasteiger partial charge in [0, 0.05) is 5.92 Å². The third kappa shape index (κ3) is 3.53. The fraction of sp³-hybridized carbons (Fsp3) is 0.750. The van der Waals surface area contributed by atoms with Crippen LogP contribution in [0.25, 0.3) is 0 Å². The molecule has 15 heavy (non-hydrogen) atoms. The molecule has 0 heterocycles. The number of alkyl halides is 1. The topological polar surface area (TPSA) is 26.3 Å². The molecule has 0 aromatic rings. The first kappa shape index (κ1) is 12.6. The number of carbonyl (C=O) groups excluding carboxylic acids is 1. The van der Waals surface area contributed by atoms with Crippen LogP contribution in [0, 0.1) is 17.8 Å². The van der Waals surface area contributed by atoms with Crippen molar-refractivity contribution >= 4 is 17.6 Å². The fourth-order valence-corrected chi connectivity index (χ4v) is 2.44. The molecular weight excluding hydrogens is 212 g/mol. The Kier molecular flexibility index (Phi) is 4.65.